The summed E-state index contributed by atoms with van der Waals surface area (Å²) in [7, 11) is 0. The van der Waals surface area contributed by atoms with Crippen LogP contribution < -0.4 is 5.32 Å². The average Bonchev–Trinajstić information content (AvgIpc) is 3.00. The number of nitrogens with zero attached hydrogens (tertiary/aromatic N) is 3. The number of pyridine rings is 1. The van der Waals surface area contributed by atoms with Gasteiger partial charge < -0.3 is 5.32 Å². The molecule has 4 rings (SSSR count). The minimum Gasteiger partial charge on any atom is -0.326 e. The van der Waals surface area contributed by atoms with E-state index in [0.717, 1.165) is 27.9 Å². The number of hydrogen-bond donors (Lipinski definition) is 1. The Kier molecular flexibility index (Phi) is 4.61. The standard InChI is InChI=1S/C22H19FN4O/c1-14-11-15(2)27(26-14)20-9-8-18(13-19(20)23)25-21(28)12-17-6-3-5-16-7-4-10-24-22(16)17/h3-11,13H,12H2,1-2H3,(H,25,28). The summed E-state index contributed by atoms with van der Waals surface area (Å²) in [6.07, 6.45) is 1.87. The lowest BCUT2D eigenvalue weighted by Gasteiger charge is -2.10. The molecule has 0 saturated carbocycles. The minimum atomic E-state index is -0.448. The average molecular weight is 374 g/mol. The maximum Gasteiger partial charge on any atom is 0.228 e. The number of para-hydroxylation sites is 1. The maximum absolute atomic E-state index is 14.6. The summed E-state index contributed by atoms with van der Waals surface area (Å²) in [5.74, 6) is -0.674. The van der Waals surface area contributed by atoms with Gasteiger partial charge in [-0.1, -0.05) is 24.3 Å². The lowest BCUT2D eigenvalue weighted by atomic mass is 10.1. The number of aromatic nitrogens is 3. The molecular formula is C22H19FN4O. The molecule has 1 amide bonds. The molecule has 0 spiro atoms. The van der Waals surface area contributed by atoms with E-state index in [1.54, 1.807) is 23.0 Å². The van der Waals surface area contributed by atoms with E-state index in [4.69, 9.17) is 0 Å². The van der Waals surface area contributed by atoms with Crippen molar-refractivity contribution in [3.05, 3.63) is 83.6 Å². The third-order valence-corrected chi connectivity index (χ3v) is 4.54. The van der Waals surface area contributed by atoms with Gasteiger partial charge in [0.2, 0.25) is 5.91 Å². The first-order valence-corrected chi connectivity index (χ1v) is 8.97. The number of amides is 1. The topological polar surface area (TPSA) is 59.8 Å². The van der Waals surface area contributed by atoms with Crippen molar-refractivity contribution in [1.82, 2.24) is 14.8 Å². The van der Waals surface area contributed by atoms with Gasteiger partial charge in [-0.05, 0) is 49.7 Å². The molecule has 4 aromatic rings. The smallest absolute Gasteiger partial charge is 0.228 e. The summed E-state index contributed by atoms with van der Waals surface area (Å²) in [4.78, 5) is 16.8. The van der Waals surface area contributed by atoms with E-state index in [1.807, 2.05) is 50.2 Å². The quantitative estimate of drug-likeness (QED) is 0.577. The summed E-state index contributed by atoms with van der Waals surface area (Å²) >= 11 is 0. The normalized spacial score (nSPS) is 11.0. The van der Waals surface area contributed by atoms with E-state index in [1.165, 1.54) is 6.07 Å². The van der Waals surface area contributed by atoms with Crippen LogP contribution in [0.1, 0.15) is 17.0 Å². The summed E-state index contributed by atoms with van der Waals surface area (Å²) in [5, 5.41) is 8.04. The first-order valence-electron chi connectivity index (χ1n) is 8.97. The van der Waals surface area contributed by atoms with Gasteiger partial charge in [-0.3, -0.25) is 9.78 Å². The van der Waals surface area contributed by atoms with Crippen LogP contribution >= 0.6 is 0 Å². The lowest BCUT2D eigenvalue weighted by Crippen LogP contribution is -2.15. The molecule has 0 aliphatic carbocycles. The molecule has 6 heteroatoms. The highest BCUT2D eigenvalue weighted by molar-refractivity contribution is 5.95. The molecular weight excluding hydrogens is 355 g/mol. The summed E-state index contributed by atoms with van der Waals surface area (Å²) in [5.41, 5.74) is 4.04. The Hall–Kier alpha value is -3.54. The molecule has 2 heterocycles. The van der Waals surface area contributed by atoms with E-state index in [9.17, 15) is 9.18 Å². The Morgan fingerprint density at radius 2 is 1.93 bits per heavy atom. The van der Waals surface area contributed by atoms with Gasteiger partial charge in [-0.15, -0.1) is 0 Å². The second-order valence-electron chi connectivity index (χ2n) is 6.72. The molecule has 1 N–H and O–H groups in total. The zero-order chi connectivity index (χ0) is 19.7. The molecule has 0 radical (unpaired) electrons. The van der Waals surface area contributed by atoms with Crippen molar-refractivity contribution >= 4 is 22.5 Å². The van der Waals surface area contributed by atoms with Crippen LogP contribution in [-0.4, -0.2) is 20.7 Å². The number of carbonyl (C=O) groups is 1. The van der Waals surface area contributed by atoms with Gasteiger partial charge in [0.15, 0.2) is 5.82 Å². The van der Waals surface area contributed by atoms with Crippen LogP contribution in [0.5, 0.6) is 0 Å². The van der Waals surface area contributed by atoms with E-state index in [2.05, 4.69) is 15.4 Å². The number of hydrogen-bond acceptors (Lipinski definition) is 3. The van der Waals surface area contributed by atoms with Crippen molar-refractivity contribution in [3.63, 3.8) is 0 Å². The zero-order valence-corrected chi connectivity index (χ0v) is 15.6. The third-order valence-electron chi connectivity index (χ3n) is 4.54. The van der Waals surface area contributed by atoms with Gasteiger partial charge in [-0.2, -0.15) is 5.10 Å². The molecule has 5 nitrogen and oxygen atoms in total. The fourth-order valence-corrected chi connectivity index (χ4v) is 3.32. The van der Waals surface area contributed by atoms with Gasteiger partial charge in [0.1, 0.15) is 5.69 Å². The first-order chi connectivity index (χ1) is 13.5. The number of rotatable bonds is 4. The predicted octanol–water partition coefficient (Wildman–Crippen LogP) is 4.36. The summed E-state index contributed by atoms with van der Waals surface area (Å²) in [6, 6.07) is 16.0. The van der Waals surface area contributed by atoms with Crippen LogP contribution in [0.25, 0.3) is 16.6 Å². The Labute approximate surface area is 161 Å². The zero-order valence-electron chi connectivity index (χ0n) is 15.6. The van der Waals surface area contributed by atoms with Crippen molar-refractivity contribution < 1.29 is 9.18 Å². The van der Waals surface area contributed by atoms with Gasteiger partial charge >= 0.3 is 0 Å². The van der Waals surface area contributed by atoms with Gasteiger partial charge in [0.25, 0.3) is 0 Å². The Morgan fingerprint density at radius 1 is 1.11 bits per heavy atom. The molecule has 0 unspecified atom stereocenters. The van der Waals surface area contributed by atoms with Gasteiger partial charge in [0.05, 0.1) is 17.6 Å². The fraction of sp³-hybridized carbons (Fsp3) is 0.136. The minimum absolute atomic E-state index is 0.162. The Bertz CT molecular complexity index is 1180. The molecule has 0 saturated heterocycles. The van der Waals surface area contributed by atoms with Crippen LogP contribution in [0.2, 0.25) is 0 Å². The highest BCUT2D eigenvalue weighted by atomic mass is 19.1. The van der Waals surface area contributed by atoms with Gasteiger partial charge in [-0.25, -0.2) is 9.07 Å². The van der Waals surface area contributed by atoms with Crippen molar-refractivity contribution in [2.75, 3.05) is 5.32 Å². The molecule has 0 fully saturated rings. The molecule has 0 aliphatic rings. The van der Waals surface area contributed by atoms with Crippen molar-refractivity contribution in [2.45, 2.75) is 20.3 Å². The van der Waals surface area contributed by atoms with Crippen molar-refractivity contribution in [1.29, 1.82) is 0 Å². The summed E-state index contributed by atoms with van der Waals surface area (Å²) in [6.45, 7) is 3.73. The number of fused-ring (bicyclic) bond motifs is 1. The summed E-state index contributed by atoms with van der Waals surface area (Å²) < 4.78 is 16.1. The molecule has 140 valence electrons. The number of halogens is 1. The SMILES string of the molecule is Cc1cc(C)n(-c2ccc(NC(=O)Cc3cccc4cccnc34)cc2F)n1. The predicted molar refractivity (Wildman–Crippen MR) is 107 cm³/mol. The van der Waals surface area contributed by atoms with Crippen molar-refractivity contribution in [2.24, 2.45) is 0 Å². The molecule has 0 atom stereocenters. The van der Waals surface area contributed by atoms with Crippen LogP contribution in [0.4, 0.5) is 10.1 Å². The Balaban J connectivity index is 1.53. The molecule has 0 aliphatic heterocycles. The number of nitrogens with one attached hydrogen (secondary N) is 1. The first kappa shape index (κ1) is 17.9. The second kappa shape index (κ2) is 7.23. The Morgan fingerprint density at radius 3 is 2.68 bits per heavy atom. The van der Waals surface area contributed by atoms with Gasteiger partial charge in [0, 0.05) is 23.0 Å². The fourth-order valence-electron chi connectivity index (χ4n) is 3.32. The number of benzene rings is 2. The molecule has 2 aromatic heterocycles. The molecule has 2 aromatic carbocycles. The van der Waals surface area contributed by atoms with Crippen LogP contribution in [0.15, 0.2) is 60.8 Å². The number of anilines is 1. The highest BCUT2D eigenvalue weighted by Gasteiger charge is 2.12. The number of carbonyl (C=O) groups excluding carboxylic acids is 1. The van der Waals surface area contributed by atoms with Crippen LogP contribution in [-0.2, 0) is 11.2 Å². The lowest BCUT2D eigenvalue weighted by molar-refractivity contribution is -0.115. The third kappa shape index (κ3) is 3.49. The van der Waals surface area contributed by atoms with E-state index < -0.39 is 5.82 Å². The highest BCUT2D eigenvalue weighted by Crippen LogP contribution is 2.21. The van der Waals surface area contributed by atoms with Crippen LogP contribution in [0.3, 0.4) is 0 Å². The van der Waals surface area contributed by atoms with E-state index >= 15 is 0 Å². The second-order valence-corrected chi connectivity index (χ2v) is 6.72. The maximum atomic E-state index is 14.6. The largest absolute Gasteiger partial charge is 0.326 e. The van der Waals surface area contributed by atoms with E-state index in [0.29, 0.717) is 11.4 Å². The molecule has 28 heavy (non-hydrogen) atoms. The monoisotopic (exact) mass is 374 g/mol. The van der Waals surface area contributed by atoms with E-state index in [-0.39, 0.29) is 12.3 Å². The van der Waals surface area contributed by atoms with Crippen molar-refractivity contribution in [3.8, 4) is 5.69 Å². The van der Waals surface area contributed by atoms with Crippen LogP contribution in [0, 0.1) is 19.7 Å². The number of aryl methyl sites for hydroxylation is 2. The molecule has 0 bridgehead atoms.